The van der Waals surface area contributed by atoms with Crippen LogP contribution in [0.3, 0.4) is 0 Å². The molecule has 9 amide bonds. The van der Waals surface area contributed by atoms with Gasteiger partial charge in [0.15, 0.2) is 17.9 Å². The molecule has 0 spiro atoms. The SMILES string of the molecule is CC(C)[C@H](NC(=O)[C@H](Cc1c[nH]c2ccccc12)NC(=O)[C@@H](NC(=O)[C@@H](NC(=O)[C@H](Cc1c[nH]c2ccccc12)NC(=O)[C@H](CCCNC(=N)N)NC(=O)[C@H](CCCNC(=N)N)NC(=O)[C@@H](N)CCCNC(=N)N)C(C)C)C(C)C)C(=O)N[C@@H](Cc1c[nH]c2ccccc12)C(=O)N[C@@H](Cc1c[nH]c2ccccc12)C(=O)O. The maximum atomic E-state index is 15.2. The molecule has 8 rings (SSSR count). The van der Waals surface area contributed by atoms with E-state index in [2.05, 4.69) is 83.7 Å². The van der Waals surface area contributed by atoms with Crippen molar-refractivity contribution in [3.05, 3.63) is 144 Å². The van der Waals surface area contributed by atoms with Crippen LogP contribution < -0.4 is 86.7 Å². The van der Waals surface area contributed by atoms with E-state index in [0.717, 1.165) is 32.7 Å². The summed E-state index contributed by atoms with van der Waals surface area (Å²) in [6.45, 7) is 10.5. The van der Waals surface area contributed by atoms with Crippen molar-refractivity contribution in [2.24, 2.45) is 40.7 Å². The number of amides is 9. The Labute approximate surface area is 641 Å². The summed E-state index contributed by atoms with van der Waals surface area (Å²) in [6.07, 6.45) is 6.94. The lowest BCUT2D eigenvalue weighted by atomic mass is 9.97. The van der Waals surface area contributed by atoms with Crippen LogP contribution in [0.25, 0.3) is 43.6 Å². The molecule has 8 aromatic rings. The number of guanidine groups is 3. The van der Waals surface area contributed by atoms with Crippen molar-refractivity contribution in [3.8, 4) is 0 Å². The van der Waals surface area contributed by atoms with Gasteiger partial charge in [0.1, 0.15) is 54.4 Å². The molecule has 0 unspecified atom stereocenters. The number of benzene rings is 4. The Balaban J connectivity index is 1.03. The number of nitrogens with one attached hydrogen (secondary N) is 19. The average molecular weight is 1530 g/mol. The molecular formula is C77H105N23O11. The molecule has 4 aromatic carbocycles. The van der Waals surface area contributed by atoms with Gasteiger partial charge in [0, 0.05) is 114 Å². The smallest absolute Gasteiger partial charge is 0.326 e. The maximum absolute atomic E-state index is 15.2. The summed E-state index contributed by atoms with van der Waals surface area (Å²) >= 11 is 0. The van der Waals surface area contributed by atoms with E-state index in [1.807, 2.05) is 84.9 Å². The van der Waals surface area contributed by atoms with Gasteiger partial charge in [0.2, 0.25) is 53.2 Å². The molecule has 0 radical (unpaired) electrons. The molecule has 10 atom stereocenters. The summed E-state index contributed by atoms with van der Waals surface area (Å²) < 4.78 is 0. The van der Waals surface area contributed by atoms with Gasteiger partial charge >= 0.3 is 5.97 Å². The first-order valence-corrected chi connectivity index (χ1v) is 37.1. The summed E-state index contributed by atoms with van der Waals surface area (Å²) in [5.41, 5.74) is 28.2. The molecule has 34 heteroatoms. The fourth-order valence-corrected chi connectivity index (χ4v) is 13.2. The number of carboxylic acid groups (broad SMARTS) is 1. The third-order valence-electron chi connectivity index (χ3n) is 19.2. The van der Waals surface area contributed by atoms with Crippen molar-refractivity contribution in [2.75, 3.05) is 19.6 Å². The Morgan fingerprint density at radius 2 is 0.586 bits per heavy atom. The number of aromatic amines is 4. The predicted molar refractivity (Wildman–Crippen MR) is 423 cm³/mol. The van der Waals surface area contributed by atoms with Crippen molar-refractivity contribution in [1.29, 1.82) is 16.2 Å². The van der Waals surface area contributed by atoms with Gasteiger partial charge in [-0.1, -0.05) is 114 Å². The number of carbonyl (C=O) groups excluding carboxylic acids is 9. The second kappa shape index (κ2) is 40.1. The quantitative estimate of drug-likeness (QED) is 0.0146. The van der Waals surface area contributed by atoms with E-state index >= 15 is 14.4 Å². The molecule has 4 heterocycles. The van der Waals surface area contributed by atoms with Crippen molar-refractivity contribution in [2.45, 2.75) is 166 Å². The van der Waals surface area contributed by atoms with E-state index < -0.39 is 137 Å². The van der Waals surface area contributed by atoms with Crippen LogP contribution in [-0.4, -0.2) is 182 Å². The largest absolute Gasteiger partial charge is 0.480 e. The van der Waals surface area contributed by atoms with Crippen LogP contribution in [0.4, 0.5) is 0 Å². The Hall–Kier alpha value is -12.5. The number of rotatable bonds is 42. The third kappa shape index (κ3) is 24.0. The van der Waals surface area contributed by atoms with E-state index in [4.69, 9.17) is 39.2 Å². The summed E-state index contributed by atoms with van der Waals surface area (Å²) in [7, 11) is 0. The fraction of sp³-hybridized carbons (Fsp3) is 0.416. The normalized spacial score (nSPS) is 14.1. The zero-order valence-corrected chi connectivity index (χ0v) is 63.1. The minimum atomic E-state index is -1.47. The van der Waals surface area contributed by atoms with Crippen molar-refractivity contribution in [1.82, 2.24) is 83.7 Å². The summed E-state index contributed by atoms with van der Waals surface area (Å²) in [4.78, 5) is 159. The number of hydrogen-bond acceptors (Lipinski definition) is 14. The number of hydrogen-bond donors (Lipinski definition) is 24. The Bertz CT molecular complexity index is 4620. The third-order valence-corrected chi connectivity index (χ3v) is 19.2. The molecule has 0 aliphatic rings. The summed E-state index contributed by atoms with van der Waals surface area (Å²) in [5.74, 6) is -11.5. The van der Waals surface area contributed by atoms with Gasteiger partial charge in [-0.25, -0.2) is 4.79 Å². The molecule has 0 saturated carbocycles. The molecule has 0 fully saturated rings. The van der Waals surface area contributed by atoms with Crippen molar-refractivity contribution in [3.63, 3.8) is 0 Å². The lowest BCUT2D eigenvalue weighted by Crippen LogP contribution is -2.62. The minimum absolute atomic E-state index is 0.0190. The minimum Gasteiger partial charge on any atom is -0.480 e. The average Bonchev–Trinajstić information content (AvgIpc) is 1.80. The summed E-state index contributed by atoms with van der Waals surface area (Å²) in [6, 6.07) is 15.5. The highest BCUT2D eigenvalue weighted by Gasteiger charge is 2.39. The van der Waals surface area contributed by atoms with Crippen LogP contribution in [0.2, 0.25) is 0 Å². The van der Waals surface area contributed by atoms with Crippen LogP contribution in [0.1, 0.15) is 102 Å². The molecule has 594 valence electrons. The molecule has 4 aromatic heterocycles. The molecule has 0 aliphatic heterocycles. The van der Waals surface area contributed by atoms with Gasteiger partial charge in [-0.15, -0.1) is 0 Å². The highest BCUT2D eigenvalue weighted by molar-refractivity contribution is 6.00. The van der Waals surface area contributed by atoms with Gasteiger partial charge in [-0.3, -0.25) is 59.4 Å². The van der Waals surface area contributed by atoms with Gasteiger partial charge in [-0.05, 0) is 103 Å². The maximum Gasteiger partial charge on any atom is 0.326 e. The molecule has 111 heavy (non-hydrogen) atoms. The number of aliphatic carboxylic acids is 1. The van der Waals surface area contributed by atoms with Gasteiger partial charge in [0.05, 0.1) is 6.04 Å². The van der Waals surface area contributed by atoms with E-state index in [1.54, 1.807) is 78.5 Å². The van der Waals surface area contributed by atoms with Gasteiger partial charge in [0.25, 0.3) is 0 Å². The monoisotopic (exact) mass is 1530 g/mol. The van der Waals surface area contributed by atoms with Crippen molar-refractivity contribution >= 4 is 121 Å². The first kappa shape index (κ1) is 84.1. The number of H-pyrrole nitrogens is 4. The highest BCUT2D eigenvalue weighted by Crippen LogP contribution is 2.25. The number of aromatic nitrogens is 4. The number of para-hydroxylation sites is 4. The molecule has 28 N–H and O–H groups in total. The zero-order valence-electron chi connectivity index (χ0n) is 63.1. The Kier molecular flexibility index (Phi) is 30.4. The fourth-order valence-electron chi connectivity index (χ4n) is 13.2. The van der Waals surface area contributed by atoms with E-state index in [-0.39, 0.29) is 95.3 Å². The van der Waals surface area contributed by atoms with Crippen LogP contribution in [0.5, 0.6) is 0 Å². The molecular weight excluding hydrogens is 1420 g/mol. The lowest BCUT2D eigenvalue weighted by Gasteiger charge is -2.30. The number of nitrogens with two attached hydrogens (primary N) is 4. The van der Waals surface area contributed by atoms with Gasteiger partial charge < -0.3 is 112 Å². The molecule has 0 saturated heterocycles. The van der Waals surface area contributed by atoms with Crippen LogP contribution in [0.15, 0.2) is 122 Å². The molecule has 34 nitrogen and oxygen atoms in total. The number of carboxylic acids is 1. The van der Waals surface area contributed by atoms with E-state index in [0.29, 0.717) is 39.6 Å². The zero-order chi connectivity index (χ0) is 80.6. The van der Waals surface area contributed by atoms with Crippen molar-refractivity contribution < 1.29 is 53.1 Å². The standard InChI is InChI=1S/C77H105N23O11/c1-40(2)62(71(107)95-58(32-43-36-88-52-23-11-7-18-47(43)52)68(104)97-61(74(110)111)35-46-39-91-55-26-14-10-21-50(46)55)98-70(106)60(34-45-38-90-54-25-13-9-20-49(45)54)96-72(108)63(41(3)4)100-73(109)64(42(5)6)99-69(105)59(33-44-37-89-53-24-12-8-19-48(44)53)94-67(103)57(28-17-31-87-77(83)84)93-66(102)56(27-16-30-86-76(81)82)92-65(101)51(78)22-15-29-85-75(79)80/h7-14,18-21,23-26,36-42,51,56-64,88-91H,15-17,22,27-35,78H2,1-6H3,(H,92,101)(H,93,102)(H,94,103)(H,95,107)(H,96,108)(H,97,104)(H,98,106)(H,99,105)(H,100,109)(H,110,111)(H4,79,80,85)(H4,81,82,86)(H4,83,84,87)/t51-,56-,57-,58-,59-,60-,61-,62-,63-,64-/m0/s1. The summed E-state index contributed by atoms with van der Waals surface area (Å²) in [5, 5.41) is 69.3. The second-order valence-electron chi connectivity index (χ2n) is 28.7. The van der Waals surface area contributed by atoms with Crippen LogP contribution in [-0.2, 0) is 73.6 Å². The Morgan fingerprint density at radius 1 is 0.342 bits per heavy atom. The van der Waals surface area contributed by atoms with Crippen LogP contribution >= 0.6 is 0 Å². The second-order valence-corrected chi connectivity index (χ2v) is 28.7. The van der Waals surface area contributed by atoms with E-state index in [1.165, 1.54) is 0 Å². The van der Waals surface area contributed by atoms with E-state index in [9.17, 15) is 38.7 Å². The molecule has 0 bridgehead atoms. The lowest BCUT2D eigenvalue weighted by molar-refractivity contribution is -0.142. The van der Waals surface area contributed by atoms with Gasteiger partial charge in [-0.2, -0.15) is 0 Å². The first-order valence-electron chi connectivity index (χ1n) is 37.1. The number of fused-ring (bicyclic) bond motifs is 4. The first-order chi connectivity index (χ1) is 53.0. The Morgan fingerprint density at radius 3 is 0.901 bits per heavy atom. The topological polar surface area (TPSA) is 574 Å². The predicted octanol–water partition coefficient (Wildman–Crippen LogP) is 1.42. The molecule has 0 aliphatic carbocycles. The highest BCUT2D eigenvalue weighted by atomic mass is 16.4. The van der Waals surface area contributed by atoms with Crippen LogP contribution in [0, 0.1) is 34.0 Å². The number of carbonyl (C=O) groups is 10.